The highest BCUT2D eigenvalue weighted by molar-refractivity contribution is 5.65. The molecule has 0 rings (SSSR count). The molecule has 14 heavy (non-hydrogen) atoms. The molecular formula is C8H16O6. The molecule has 84 valence electrons. The number of carbonyl (C=O) groups is 1. The highest BCUT2D eigenvalue weighted by Crippen LogP contribution is 1.88. The SMILES string of the molecule is CC(=O)OCCOCC(O)OCCO. The van der Waals surface area contributed by atoms with E-state index in [0.717, 1.165) is 0 Å². The van der Waals surface area contributed by atoms with Crippen molar-refractivity contribution in [1.82, 2.24) is 0 Å². The summed E-state index contributed by atoms with van der Waals surface area (Å²) in [5.74, 6) is -0.370. The number of hydrogen-bond acceptors (Lipinski definition) is 6. The topological polar surface area (TPSA) is 85.2 Å². The molecule has 0 radical (unpaired) electrons. The number of aliphatic hydroxyl groups is 2. The first-order valence-corrected chi connectivity index (χ1v) is 4.28. The number of esters is 1. The van der Waals surface area contributed by atoms with Crippen molar-refractivity contribution < 1.29 is 29.2 Å². The van der Waals surface area contributed by atoms with Crippen molar-refractivity contribution in [3.8, 4) is 0 Å². The average molecular weight is 208 g/mol. The largest absolute Gasteiger partial charge is 0.463 e. The normalized spacial score (nSPS) is 12.5. The van der Waals surface area contributed by atoms with Crippen LogP contribution < -0.4 is 0 Å². The lowest BCUT2D eigenvalue weighted by molar-refractivity contribution is -0.152. The highest BCUT2D eigenvalue weighted by Gasteiger charge is 2.03. The predicted molar refractivity (Wildman–Crippen MR) is 46.5 cm³/mol. The van der Waals surface area contributed by atoms with E-state index in [1.165, 1.54) is 6.92 Å². The molecule has 0 aliphatic carbocycles. The molecule has 0 heterocycles. The molecule has 0 aromatic rings. The molecule has 1 atom stereocenters. The van der Waals surface area contributed by atoms with Gasteiger partial charge in [-0.1, -0.05) is 0 Å². The molecule has 1 unspecified atom stereocenters. The molecular weight excluding hydrogens is 192 g/mol. The quantitative estimate of drug-likeness (QED) is 0.299. The molecule has 6 nitrogen and oxygen atoms in total. The predicted octanol–water partition coefficient (Wildman–Crippen LogP) is -1.11. The summed E-state index contributed by atoms with van der Waals surface area (Å²) in [7, 11) is 0. The third-order valence-electron chi connectivity index (χ3n) is 1.19. The average Bonchev–Trinajstić information content (AvgIpc) is 2.13. The summed E-state index contributed by atoms with van der Waals surface area (Å²) in [5.41, 5.74) is 0. The maximum atomic E-state index is 10.3. The second-order valence-corrected chi connectivity index (χ2v) is 2.46. The molecule has 0 bridgehead atoms. The van der Waals surface area contributed by atoms with Crippen LogP contribution in [-0.2, 0) is 19.0 Å². The minimum atomic E-state index is -1.06. The third-order valence-corrected chi connectivity index (χ3v) is 1.19. The smallest absolute Gasteiger partial charge is 0.302 e. The van der Waals surface area contributed by atoms with Gasteiger partial charge in [-0.2, -0.15) is 0 Å². The summed E-state index contributed by atoms with van der Waals surface area (Å²) in [6.45, 7) is 1.57. The summed E-state index contributed by atoms with van der Waals surface area (Å²) < 4.78 is 14.2. The van der Waals surface area contributed by atoms with E-state index in [4.69, 9.17) is 19.7 Å². The van der Waals surface area contributed by atoms with Crippen LogP contribution in [-0.4, -0.2) is 55.5 Å². The molecule has 0 aromatic carbocycles. The number of carbonyl (C=O) groups excluding carboxylic acids is 1. The standard InChI is InChI=1S/C8H16O6/c1-7(10)13-5-4-12-6-8(11)14-3-2-9/h8-9,11H,2-6H2,1H3. The number of rotatable bonds is 8. The van der Waals surface area contributed by atoms with Gasteiger partial charge < -0.3 is 24.4 Å². The van der Waals surface area contributed by atoms with Crippen molar-refractivity contribution in [1.29, 1.82) is 0 Å². The van der Waals surface area contributed by atoms with Crippen molar-refractivity contribution in [2.24, 2.45) is 0 Å². The van der Waals surface area contributed by atoms with Crippen LogP contribution in [0.15, 0.2) is 0 Å². The Hall–Kier alpha value is -0.690. The maximum Gasteiger partial charge on any atom is 0.302 e. The van der Waals surface area contributed by atoms with Gasteiger partial charge in [-0.25, -0.2) is 0 Å². The number of aliphatic hydroxyl groups excluding tert-OH is 2. The van der Waals surface area contributed by atoms with Crippen LogP contribution in [0.25, 0.3) is 0 Å². The second kappa shape index (κ2) is 8.89. The summed E-state index contributed by atoms with van der Waals surface area (Å²) >= 11 is 0. The van der Waals surface area contributed by atoms with Gasteiger partial charge in [0.05, 0.1) is 26.4 Å². The van der Waals surface area contributed by atoms with Gasteiger partial charge in [-0.15, -0.1) is 0 Å². The molecule has 0 aliphatic rings. The van der Waals surface area contributed by atoms with Gasteiger partial charge >= 0.3 is 5.97 Å². The number of hydrogen-bond donors (Lipinski definition) is 2. The first-order valence-electron chi connectivity index (χ1n) is 4.28. The Balaban J connectivity index is 3.14. The minimum Gasteiger partial charge on any atom is -0.463 e. The van der Waals surface area contributed by atoms with Crippen molar-refractivity contribution >= 4 is 5.97 Å². The Bertz CT molecular complexity index is 149. The molecule has 0 aliphatic heterocycles. The molecule has 0 fully saturated rings. The van der Waals surface area contributed by atoms with Gasteiger partial charge in [0.25, 0.3) is 0 Å². The second-order valence-electron chi connectivity index (χ2n) is 2.46. The lowest BCUT2D eigenvalue weighted by Crippen LogP contribution is -2.22. The van der Waals surface area contributed by atoms with E-state index in [1.54, 1.807) is 0 Å². The van der Waals surface area contributed by atoms with Gasteiger partial charge in [0, 0.05) is 6.92 Å². The van der Waals surface area contributed by atoms with E-state index in [0.29, 0.717) is 0 Å². The van der Waals surface area contributed by atoms with Gasteiger partial charge in [-0.05, 0) is 0 Å². The molecule has 0 spiro atoms. The Morgan fingerprint density at radius 2 is 2.07 bits per heavy atom. The molecule has 6 heteroatoms. The summed E-state index contributed by atoms with van der Waals surface area (Å²) in [5, 5.41) is 17.4. The van der Waals surface area contributed by atoms with Crippen LogP contribution in [0.1, 0.15) is 6.92 Å². The van der Waals surface area contributed by atoms with E-state index in [1.807, 2.05) is 0 Å². The highest BCUT2D eigenvalue weighted by atomic mass is 16.6. The Morgan fingerprint density at radius 1 is 1.36 bits per heavy atom. The Morgan fingerprint density at radius 3 is 2.64 bits per heavy atom. The first kappa shape index (κ1) is 13.3. The first-order chi connectivity index (χ1) is 6.66. The van der Waals surface area contributed by atoms with E-state index >= 15 is 0 Å². The van der Waals surface area contributed by atoms with Gasteiger partial charge in [0.2, 0.25) is 0 Å². The van der Waals surface area contributed by atoms with Gasteiger partial charge in [-0.3, -0.25) is 4.79 Å². The van der Waals surface area contributed by atoms with Crippen LogP contribution in [0.3, 0.4) is 0 Å². The third kappa shape index (κ3) is 9.40. The van der Waals surface area contributed by atoms with Crippen LogP contribution in [0.2, 0.25) is 0 Å². The lowest BCUT2D eigenvalue weighted by Gasteiger charge is -2.11. The van der Waals surface area contributed by atoms with Gasteiger partial charge in [0.1, 0.15) is 6.61 Å². The molecule has 2 N–H and O–H groups in total. The van der Waals surface area contributed by atoms with Crippen molar-refractivity contribution in [2.75, 3.05) is 33.0 Å². The Kier molecular flexibility index (Phi) is 8.45. The van der Waals surface area contributed by atoms with Crippen LogP contribution in [0.4, 0.5) is 0 Å². The zero-order valence-corrected chi connectivity index (χ0v) is 8.14. The van der Waals surface area contributed by atoms with Crippen LogP contribution >= 0.6 is 0 Å². The zero-order valence-electron chi connectivity index (χ0n) is 8.14. The fourth-order valence-electron chi connectivity index (χ4n) is 0.665. The minimum absolute atomic E-state index is 0.0126. The fraction of sp³-hybridized carbons (Fsp3) is 0.875. The monoisotopic (exact) mass is 208 g/mol. The summed E-state index contributed by atoms with van der Waals surface area (Å²) in [4.78, 5) is 10.3. The van der Waals surface area contributed by atoms with E-state index in [2.05, 4.69) is 4.74 Å². The van der Waals surface area contributed by atoms with Crippen LogP contribution in [0.5, 0.6) is 0 Å². The van der Waals surface area contributed by atoms with Crippen LogP contribution in [0, 0.1) is 0 Å². The van der Waals surface area contributed by atoms with Gasteiger partial charge in [0.15, 0.2) is 6.29 Å². The van der Waals surface area contributed by atoms with E-state index in [-0.39, 0.29) is 39.0 Å². The Labute approximate surface area is 82.4 Å². The molecule has 0 aromatic heterocycles. The zero-order chi connectivity index (χ0) is 10.8. The molecule has 0 amide bonds. The van der Waals surface area contributed by atoms with Crippen molar-refractivity contribution in [3.63, 3.8) is 0 Å². The van der Waals surface area contributed by atoms with E-state index in [9.17, 15) is 4.79 Å². The number of ether oxygens (including phenoxy) is 3. The molecule has 0 saturated carbocycles. The fourth-order valence-corrected chi connectivity index (χ4v) is 0.665. The summed E-state index contributed by atoms with van der Waals surface area (Å²) in [6.07, 6.45) is -1.06. The lowest BCUT2D eigenvalue weighted by atomic mass is 10.6. The summed E-state index contributed by atoms with van der Waals surface area (Å²) in [6, 6.07) is 0. The van der Waals surface area contributed by atoms with Crippen molar-refractivity contribution in [2.45, 2.75) is 13.2 Å². The molecule has 0 saturated heterocycles. The maximum absolute atomic E-state index is 10.3. The van der Waals surface area contributed by atoms with Crippen molar-refractivity contribution in [3.05, 3.63) is 0 Å². The van der Waals surface area contributed by atoms with E-state index < -0.39 is 6.29 Å².